The normalized spacial score (nSPS) is 10.5. The van der Waals surface area contributed by atoms with Crippen LogP contribution >= 0.6 is 0 Å². The minimum Gasteiger partial charge on any atom is -0.451 e. The molecule has 0 aliphatic rings. The summed E-state index contributed by atoms with van der Waals surface area (Å²) >= 11 is 0. The summed E-state index contributed by atoms with van der Waals surface area (Å²) in [5.74, 6) is -0.514. The van der Waals surface area contributed by atoms with E-state index in [2.05, 4.69) is 0 Å². The molecule has 0 fully saturated rings. The van der Waals surface area contributed by atoms with Crippen LogP contribution in [0.5, 0.6) is 0 Å². The van der Waals surface area contributed by atoms with Gasteiger partial charge in [0, 0.05) is 16.7 Å². The lowest BCUT2D eigenvalue weighted by Gasteiger charge is -2.04. The van der Waals surface area contributed by atoms with E-state index >= 15 is 0 Å². The Morgan fingerprint density at radius 3 is 2.11 bits per heavy atom. The standard InChI is InChI=1S/C23H20O5/c1-3-16-4-6-18(7-5-16)20(25)14-27-23(26)22-13-12-21(28-22)19-10-8-17(9-11-19)15(2)24/h4-13H,3,14H2,1-2H3. The molecule has 0 saturated heterocycles. The van der Waals surface area contributed by atoms with E-state index in [0.717, 1.165) is 17.5 Å². The van der Waals surface area contributed by atoms with Crippen LogP contribution in [-0.2, 0) is 11.2 Å². The van der Waals surface area contributed by atoms with Crippen molar-refractivity contribution in [3.63, 3.8) is 0 Å². The second kappa shape index (κ2) is 8.48. The van der Waals surface area contributed by atoms with Gasteiger partial charge in [0.1, 0.15) is 5.76 Å². The van der Waals surface area contributed by atoms with Crippen molar-refractivity contribution in [3.8, 4) is 11.3 Å². The molecule has 0 amide bonds. The molecule has 0 unspecified atom stereocenters. The van der Waals surface area contributed by atoms with Crippen LogP contribution in [0.1, 0.15) is 50.7 Å². The number of hydrogen-bond acceptors (Lipinski definition) is 5. The van der Waals surface area contributed by atoms with Crippen LogP contribution in [0.4, 0.5) is 0 Å². The number of Topliss-reactive ketones (excluding diaryl/α,β-unsaturated/α-hetero) is 2. The fraction of sp³-hybridized carbons (Fsp3) is 0.174. The van der Waals surface area contributed by atoms with Crippen LogP contribution in [-0.4, -0.2) is 24.1 Å². The fourth-order valence-corrected chi connectivity index (χ4v) is 2.68. The number of ketones is 2. The molecule has 0 N–H and O–H groups in total. The van der Waals surface area contributed by atoms with Crippen LogP contribution in [0.2, 0.25) is 0 Å². The number of rotatable bonds is 7. The Hall–Kier alpha value is -3.47. The highest BCUT2D eigenvalue weighted by molar-refractivity contribution is 5.99. The number of furan rings is 1. The minimum absolute atomic E-state index is 0.0137. The number of aryl methyl sites for hydroxylation is 1. The van der Waals surface area contributed by atoms with E-state index in [1.807, 2.05) is 19.1 Å². The van der Waals surface area contributed by atoms with Gasteiger partial charge in [-0.25, -0.2) is 4.79 Å². The summed E-state index contributed by atoms with van der Waals surface area (Å²) in [7, 11) is 0. The molecule has 0 bridgehead atoms. The van der Waals surface area contributed by atoms with E-state index in [1.165, 1.54) is 13.0 Å². The van der Waals surface area contributed by atoms with E-state index in [9.17, 15) is 14.4 Å². The van der Waals surface area contributed by atoms with Crippen molar-refractivity contribution in [2.24, 2.45) is 0 Å². The van der Waals surface area contributed by atoms with Crippen molar-refractivity contribution in [3.05, 3.63) is 83.1 Å². The smallest absolute Gasteiger partial charge is 0.374 e. The highest BCUT2D eigenvalue weighted by atomic mass is 16.5. The second-order valence-electron chi connectivity index (χ2n) is 6.35. The van der Waals surface area contributed by atoms with E-state index < -0.39 is 5.97 Å². The molecule has 0 radical (unpaired) electrons. The zero-order chi connectivity index (χ0) is 20.1. The molecule has 0 aliphatic carbocycles. The summed E-state index contributed by atoms with van der Waals surface area (Å²) in [6.45, 7) is 3.18. The topological polar surface area (TPSA) is 73.6 Å². The third-order valence-electron chi connectivity index (χ3n) is 4.40. The lowest BCUT2D eigenvalue weighted by molar-refractivity contribution is 0.0445. The van der Waals surface area contributed by atoms with Crippen molar-refractivity contribution in [1.82, 2.24) is 0 Å². The first kappa shape index (κ1) is 19.3. The van der Waals surface area contributed by atoms with E-state index in [1.54, 1.807) is 42.5 Å². The quantitative estimate of drug-likeness (QED) is 0.439. The van der Waals surface area contributed by atoms with Crippen molar-refractivity contribution in [1.29, 1.82) is 0 Å². The van der Waals surface area contributed by atoms with Crippen molar-refractivity contribution in [2.75, 3.05) is 6.61 Å². The first-order chi connectivity index (χ1) is 13.5. The number of carbonyl (C=O) groups is 3. The summed E-state index contributed by atoms with van der Waals surface area (Å²) in [6, 6.07) is 17.2. The average Bonchev–Trinajstić information content (AvgIpc) is 3.22. The van der Waals surface area contributed by atoms with Gasteiger partial charge in [0.05, 0.1) is 0 Å². The first-order valence-corrected chi connectivity index (χ1v) is 8.98. The van der Waals surface area contributed by atoms with Crippen LogP contribution in [0.3, 0.4) is 0 Å². The average molecular weight is 376 g/mol. The Labute approximate surface area is 162 Å². The van der Waals surface area contributed by atoms with Gasteiger partial charge in [-0.1, -0.05) is 55.5 Å². The predicted octanol–water partition coefficient (Wildman–Crippen LogP) is 4.75. The highest BCUT2D eigenvalue weighted by Gasteiger charge is 2.16. The van der Waals surface area contributed by atoms with Gasteiger partial charge in [-0.05, 0) is 31.0 Å². The Morgan fingerprint density at radius 1 is 0.857 bits per heavy atom. The maximum atomic E-state index is 12.2. The summed E-state index contributed by atoms with van der Waals surface area (Å²) in [5.41, 5.74) is 2.96. The number of benzene rings is 2. The minimum atomic E-state index is -0.704. The first-order valence-electron chi connectivity index (χ1n) is 8.98. The zero-order valence-electron chi connectivity index (χ0n) is 15.7. The van der Waals surface area contributed by atoms with Crippen LogP contribution in [0.25, 0.3) is 11.3 Å². The fourth-order valence-electron chi connectivity index (χ4n) is 2.68. The molecule has 142 valence electrons. The number of carbonyl (C=O) groups excluding carboxylic acids is 3. The van der Waals surface area contributed by atoms with Gasteiger partial charge in [-0.3, -0.25) is 9.59 Å². The SMILES string of the molecule is CCc1ccc(C(=O)COC(=O)c2ccc(-c3ccc(C(C)=O)cc3)o2)cc1. The number of ether oxygens (including phenoxy) is 1. The zero-order valence-corrected chi connectivity index (χ0v) is 15.7. The van der Waals surface area contributed by atoms with Crippen molar-refractivity contribution in [2.45, 2.75) is 20.3 Å². The Kier molecular flexibility index (Phi) is 5.84. The van der Waals surface area contributed by atoms with Gasteiger partial charge in [0.2, 0.25) is 5.76 Å². The van der Waals surface area contributed by atoms with Crippen LogP contribution < -0.4 is 0 Å². The van der Waals surface area contributed by atoms with Gasteiger partial charge in [0.15, 0.2) is 18.2 Å². The van der Waals surface area contributed by atoms with E-state index in [-0.39, 0.29) is 23.9 Å². The molecule has 5 heteroatoms. The van der Waals surface area contributed by atoms with Crippen molar-refractivity contribution >= 4 is 17.5 Å². The third kappa shape index (κ3) is 4.43. The molecule has 0 aliphatic heterocycles. The largest absolute Gasteiger partial charge is 0.451 e. The lowest BCUT2D eigenvalue weighted by atomic mass is 10.1. The maximum absolute atomic E-state index is 12.2. The molecule has 1 aromatic heterocycles. The molecule has 2 aromatic carbocycles. The molecule has 3 aromatic rings. The van der Waals surface area contributed by atoms with Crippen LogP contribution in [0.15, 0.2) is 65.1 Å². The van der Waals surface area contributed by atoms with Gasteiger partial charge in [-0.2, -0.15) is 0 Å². The highest BCUT2D eigenvalue weighted by Crippen LogP contribution is 2.23. The molecular weight excluding hydrogens is 356 g/mol. The Balaban J connectivity index is 1.62. The molecule has 28 heavy (non-hydrogen) atoms. The van der Waals surface area contributed by atoms with Gasteiger partial charge in [-0.15, -0.1) is 0 Å². The molecule has 1 heterocycles. The maximum Gasteiger partial charge on any atom is 0.374 e. The Bertz CT molecular complexity index is 994. The van der Waals surface area contributed by atoms with Crippen LogP contribution in [0, 0.1) is 0 Å². The molecular formula is C23H20O5. The van der Waals surface area contributed by atoms with Crippen molar-refractivity contribution < 1.29 is 23.5 Å². The van der Waals surface area contributed by atoms with E-state index in [4.69, 9.17) is 9.15 Å². The Morgan fingerprint density at radius 2 is 1.50 bits per heavy atom. The summed E-state index contributed by atoms with van der Waals surface area (Å²) in [4.78, 5) is 35.7. The van der Waals surface area contributed by atoms with Gasteiger partial charge < -0.3 is 9.15 Å². The number of hydrogen-bond donors (Lipinski definition) is 0. The molecule has 0 atom stereocenters. The summed E-state index contributed by atoms with van der Waals surface area (Å²) in [6.07, 6.45) is 0.891. The second-order valence-corrected chi connectivity index (χ2v) is 6.35. The van der Waals surface area contributed by atoms with Gasteiger partial charge >= 0.3 is 5.97 Å². The number of esters is 1. The molecule has 0 spiro atoms. The summed E-state index contributed by atoms with van der Waals surface area (Å²) < 4.78 is 10.6. The predicted molar refractivity (Wildman–Crippen MR) is 105 cm³/mol. The third-order valence-corrected chi connectivity index (χ3v) is 4.40. The summed E-state index contributed by atoms with van der Waals surface area (Å²) in [5, 5.41) is 0. The molecule has 5 nitrogen and oxygen atoms in total. The van der Waals surface area contributed by atoms with Gasteiger partial charge in [0.25, 0.3) is 0 Å². The molecule has 0 saturated carbocycles. The lowest BCUT2D eigenvalue weighted by Crippen LogP contribution is -2.13. The van der Waals surface area contributed by atoms with E-state index in [0.29, 0.717) is 16.9 Å². The monoisotopic (exact) mass is 376 g/mol. The molecule has 3 rings (SSSR count).